The molecule has 0 aromatic heterocycles. The molecular formula is C29H54O17P2. The molecule has 5 atom stereocenters. The van der Waals surface area contributed by atoms with E-state index in [-0.39, 0.29) is 25.7 Å². The highest BCUT2D eigenvalue weighted by molar-refractivity contribution is 7.47. The minimum atomic E-state index is -4.87. The molecule has 0 aromatic rings. The number of phosphoric acid groups is 2. The third kappa shape index (κ3) is 26.0. The summed E-state index contributed by atoms with van der Waals surface area (Å²) in [5.41, 5.74) is 0. The zero-order valence-corrected chi connectivity index (χ0v) is 30.2. The number of carbonyl (C=O) groups is 4. The molecule has 0 radical (unpaired) electrons. The van der Waals surface area contributed by atoms with Gasteiger partial charge >= 0.3 is 39.5 Å². The van der Waals surface area contributed by atoms with Crippen LogP contribution in [0.3, 0.4) is 0 Å². The van der Waals surface area contributed by atoms with Crippen LogP contribution in [-0.4, -0.2) is 96.7 Å². The van der Waals surface area contributed by atoms with Crippen molar-refractivity contribution in [2.24, 2.45) is 0 Å². The molecule has 0 fully saturated rings. The van der Waals surface area contributed by atoms with Gasteiger partial charge in [-0.15, -0.1) is 0 Å². The molecule has 282 valence electrons. The van der Waals surface area contributed by atoms with Crippen LogP contribution in [0, 0.1) is 0 Å². The minimum absolute atomic E-state index is 0.0746. The Morgan fingerprint density at radius 1 is 0.500 bits per heavy atom. The first-order valence-electron chi connectivity index (χ1n) is 16.3. The van der Waals surface area contributed by atoms with Crippen LogP contribution in [0.5, 0.6) is 0 Å². The summed E-state index contributed by atoms with van der Waals surface area (Å²) in [4.78, 5) is 67.8. The van der Waals surface area contributed by atoms with Crippen LogP contribution in [0.1, 0.15) is 105 Å². The summed E-state index contributed by atoms with van der Waals surface area (Å²) in [6, 6.07) is 0. The molecule has 0 amide bonds. The van der Waals surface area contributed by atoms with Gasteiger partial charge in [-0.3, -0.25) is 37.3 Å². The van der Waals surface area contributed by atoms with Crippen LogP contribution in [-0.2, 0) is 65.4 Å². The highest BCUT2D eigenvalue weighted by Crippen LogP contribution is 2.45. The number of hydrogen-bond donors (Lipinski definition) is 3. The van der Waals surface area contributed by atoms with Crippen molar-refractivity contribution in [1.29, 1.82) is 0 Å². The van der Waals surface area contributed by atoms with Gasteiger partial charge in [-0.25, -0.2) is 9.13 Å². The van der Waals surface area contributed by atoms with Crippen molar-refractivity contribution in [3.05, 3.63) is 0 Å². The molecule has 0 bridgehead atoms. The van der Waals surface area contributed by atoms with Gasteiger partial charge < -0.3 is 33.8 Å². The first kappa shape index (κ1) is 46.1. The van der Waals surface area contributed by atoms with Crippen LogP contribution in [0.4, 0.5) is 0 Å². The van der Waals surface area contributed by atoms with Crippen molar-refractivity contribution in [2.75, 3.05) is 39.6 Å². The van der Waals surface area contributed by atoms with Crippen molar-refractivity contribution in [1.82, 2.24) is 0 Å². The average molecular weight is 737 g/mol. The third-order valence-corrected chi connectivity index (χ3v) is 7.97. The van der Waals surface area contributed by atoms with Crippen LogP contribution >= 0.6 is 15.6 Å². The second kappa shape index (κ2) is 26.9. The molecule has 48 heavy (non-hydrogen) atoms. The molecule has 0 heterocycles. The highest BCUT2D eigenvalue weighted by atomic mass is 31.2. The topological polar surface area (TPSA) is 237 Å². The molecule has 0 saturated heterocycles. The van der Waals surface area contributed by atoms with E-state index in [1.165, 1.54) is 0 Å². The van der Waals surface area contributed by atoms with E-state index in [2.05, 4.69) is 0 Å². The lowest BCUT2D eigenvalue weighted by Gasteiger charge is -2.21. The lowest BCUT2D eigenvalue weighted by atomic mass is 10.2. The number of aliphatic hydroxyl groups is 1. The summed E-state index contributed by atoms with van der Waals surface area (Å²) in [7, 11) is -9.73. The van der Waals surface area contributed by atoms with Gasteiger partial charge in [0.05, 0.1) is 26.4 Å². The summed E-state index contributed by atoms with van der Waals surface area (Å²) in [6.45, 7) is 3.46. The molecule has 0 aliphatic carbocycles. The predicted octanol–water partition coefficient (Wildman–Crippen LogP) is 4.29. The third-order valence-electron chi connectivity index (χ3n) is 6.07. The summed E-state index contributed by atoms with van der Waals surface area (Å²) in [6.07, 6.45) is 1.61. The van der Waals surface area contributed by atoms with E-state index >= 15 is 0 Å². The normalized spacial score (nSPS) is 15.7. The van der Waals surface area contributed by atoms with E-state index < -0.39 is 97.5 Å². The number of ether oxygens (including phenoxy) is 4. The quantitative estimate of drug-likeness (QED) is 0.0403. The van der Waals surface area contributed by atoms with Crippen molar-refractivity contribution < 1.29 is 80.2 Å². The zero-order chi connectivity index (χ0) is 36.4. The van der Waals surface area contributed by atoms with Gasteiger partial charge in [0.15, 0.2) is 12.2 Å². The molecule has 3 N–H and O–H groups in total. The Morgan fingerprint density at radius 3 is 1.29 bits per heavy atom. The number of hydrogen-bond acceptors (Lipinski definition) is 15. The summed E-state index contributed by atoms with van der Waals surface area (Å²) < 4.78 is 64.4. The smallest absolute Gasteiger partial charge is 0.462 e. The SMILES string of the molecule is CCCCCC(=O)O[C@H](COC(=O)CCCC)COP(=O)(O)OC[C@H](O)COP(=O)(O)OC[C@@H](COC(=O)CCC)OC(=O)CCCC. The van der Waals surface area contributed by atoms with Crippen molar-refractivity contribution in [2.45, 2.75) is 123 Å². The van der Waals surface area contributed by atoms with Crippen molar-refractivity contribution in [3.8, 4) is 0 Å². The van der Waals surface area contributed by atoms with Gasteiger partial charge in [0.1, 0.15) is 19.3 Å². The van der Waals surface area contributed by atoms with E-state index in [1.807, 2.05) is 20.8 Å². The van der Waals surface area contributed by atoms with Gasteiger partial charge in [0.25, 0.3) is 0 Å². The number of unbranched alkanes of at least 4 members (excludes halogenated alkanes) is 4. The highest BCUT2D eigenvalue weighted by Gasteiger charge is 2.30. The maximum absolute atomic E-state index is 12.4. The molecule has 0 aliphatic rings. The molecule has 0 spiro atoms. The van der Waals surface area contributed by atoms with Gasteiger partial charge in [-0.2, -0.15) is 0 Å². The molecule has 0 aliphatic heterocycles. The first-order valence-corrected chi connectivity index (χ1v) is 19.3. The lowest BCUT2D eigenvalue weighted by molar-refractivity contribution is -0.161. The van der Waals surface area contributed by atoms with Crippen LogP contribution in [0.25, 0.3) is 0 Å². The van der Waals surface area contributed by atoms with Crippen molar-refractivity contribution in [3.63, 3.8) is 0 Å². The first-order chi connectivity index (χ1) is 22.7. The van der Waals surface area contributed by atoms with Gasteiger partial charge in [-0.05, 0) is 25.7 Å². The molecular weight excluding hydrogens is 682 g/mol. The number of aliphatic hydroxyl groups excluding tert-OH is 1. The van der Waals surface area contributed by atoms with E-state index in [0.717, 1.165) is 25.7 Å². The van der Waals surface area contributed by atoms with Crippen LogP contribution in [0.2, 0.25) is 0 Å². The standard InChI is InChI=1S/C29H54O17P2/c1-5-9-12-16-29(34)46-25(20-40-27(32)14-10-6-2)22-44-48(37,38)42-18-23(30)17-41-47(35,36)43-21-24(19-39-26(31)13-8-4)45-28(33)15-11-7-3/h23-25,30H,5-22H2,1-4H3,(H,35,36)(H,37,38)/t23-,24-,25-/m1/s1. The number of carbonyl (C=O) groups excluding carboxylic acids is 4. The summed E-state index contributed by atoms with van der Waals surface area (Å²) in [5.74, 6) is -2.34. The fraction of sp³-hybridized carbons (Fsp3) is 0.862. The number of esters is 4. The largest absolute Gasteiger partial charge is 0.472 e. The zero-order valence-electron chi connectivity index (χ0n) is 28.4. The lowest BCUT2D eigenvalue weighted by Crippen LogP contribution is -2.30. The second-order valence-electron chi connectivity index (χ2n) is 10.8. The monoisotopic (exact) mass is 736 g/mol. The minimum Gasteiger partial charge on any atom is -0.462 e. The van der Waals surface area contributed by atoms with Gasteiger partial charge in [0.2, 0.25) is 0 Å². The molecule has 0 rings (SSSR count). The van der Waals surface area contributed by atoms with Crippen LogP contribution in [0.15, 0.2) is 0 Å². The van der Waals surface area contributed by atoms with E-state index in [9.17, 15) is 43.2 Å². The summed E-state index contributed by atoms with van der Waals surface area (Å²) >= 11 is 0. The Kier molecular flexibility index (Phi) is 25.8. The molecule has 17 nitrogen and oxygen atoms in total. The molecule has 0 aromatic carbocycles. The fourth-order valence-electron chi connectivity index (χ4n) is 3.44. The Bertz CT molecular complexity index is 1020. The van der Waals surface area contributed by atoms with E-state index in [1.54, 1.807) is 6.92 Å². The Balaban J connectivity index is 4.94. The van der Waals surface area contributed by atoms with Gasteiger partial charge in [-0.1, -0.05) is 53.4 Å². The molecule has 0 saturated carbocycles. The molecule has 19 heteroatoms. The van der Waals surface area contributed by atoms with Crippen LogP contribution < -0.4 is 0 Å². The predicted molar refractivity (Wildman–Crippen MR) is 169 cm³/mol. The second-order valence-corrected chi connectivity index (χ2v) is 13.7. The average Bonchev–Trinajstić information content (AvgIpc) is 3.03. The van der Waals surface area contributed by atoms with Gasteiger partial charge in [0, 0.05) is 25.7 Å². The molecule has 2 unspecified atom stereocenters. The Labute approximate surface area is 282 Å². The van der Waals surface area contributed by atoms with E-state index in [0.29, 0.717) is 25.7 Å². The maximum Gasteiger partial charge on any atom is 0.472 e. The fourth-order valence-corrected chi connectivity index (χ4v) is 5.02. The Hall–Kier alpha value is -1.94. The van der Waals surface area contributed by atoms with Crippen molar-refractivity contribution >= 4 is 39.5 Å². The maximum atomic E-state index is 12.4. The number of rotatable bonds is 30. The van der Waals surface area contributed by atoms with E-state index in [4.69, 9.17) is 37.0 Å². The number of phosphoric ester groups is 2. The Morgan fingerprint density at radius 2 is 0.875 bits per heavy atom. The summed E-state index contributed by atoms with van der Waals surface area (Å²) in [5, 5.41) is 10.1.